The van der Waals surface area contributed by atoms with Crippen LogP contribution in [0.4, 0.5) is 0 Å². The van der Waals surface area contributed by atoms with E-state index in [1.54, 1.807) is 12.1 Å². The normalized spacial score (nSPS) is 42.1. The molecule has 4 aliphatic carbocycles. The highest BCUT2D eigenvalue weighted by Gasteiger charge is 2.58. The first-order valence-electron chi connectivity index (χ1n) is 8.25. The van der Waals surface area contributed by atoms with Crippen LogP contribution in [0.5, 0.6) is 0 Å². The molecule has 1 heterocycles. The summed E-state index contributed by atoms with van der Waals surface area (Å²) in [5.41, 5.74) is 0.547. The molecular formula is C18H19NO3. The quantitative estimate of drug-likeness (QED) is 0.809. The van der Waals surface area contributed by atoms with Gasteiger partial charge in [-0.3, -0.25) is 14.5 Å². The average molecular weight is 297 g/mol. The molecule has 1 aliphatic heterocycles. The van der Waals surface area contributed by atoms with Gasteiger partial charge in [0.15, 0.2) is 0 Å². The number of amides is 2. The van der Waals surface area contributed by atoms with Crippen molar-refractivity contribution in [3.8, 4) is 0 Å². The summed E-state index contributed by atoms with van der Waals surface area (Å²) in [7, 11) is 0. The summed E-state index contributed by atoms with van der Waals surface area (Å²) in [6.45, 7) is 0. The van der Waals surface area contributed by atoms with Crippen molar-refractivity contribution in [1.82, 2.24) is 4.90 Å². The zero-order valence-corrected chi connectivity index (χ0v) is 12.4. The second-order valence-corrected chi connectivity index (χ2v) is 7.71. The molecule has 1 aromatic rings. The van der Waals surface area contributed by atoms with Crippen molar-refractivity contribution in [2.45, 2.75) is 43.7 Å². The van der Waals surface area contributed by atoms with Crippen LogP contribution < -0.4 is 0 Å². The van der Waals surface area contributed by atoms with Gasteiger partial charge in [-0.25, -0.2) is 0 Å². The Morgan fingerprint density at radius 1 is 0.955 bits per heavy atom. The summed E-state index contributed by atoms with van der Waals surface area (Å²) in [5, 5.41) is 10.7. The number of hydrogen-bond acceptors (Lipinski definition) is 3. The van der Waals surface area contributed by atoms with Crippen LogP contribution in [0.3, 0.4) is 0 Å². The largest absolute Gasteiger partial charge is 0.390 e. The van der Waals surface area contributed by atoms with Crippen molar-refractivity contribution in [1.29, 1.82) is 0 Å². The summed E-state index contributed by atoms with van der Waals surface area (Å²) in [5.74, 6) is 0.862. The van der Waals surface area contributed by atoms with E-state index in [-0.39, 0.29) is 29.7 Å². The fraction of sp³-hybridized carbons (Fsp3) is 0.556. The van der Waals surface area contributed by atoms with E-state index in [0.29, 0.717) is 17.0 Å². The SMILES string of the molecule is O=C1c2ccccc2C(=O)N1C1C2CC3CC1CC(O)(C3)C2. The predicted octanol–water partition coefficient (Wildman–Crippen LogP) is 2.22. The molecule has 114 valence electrons. The van der Waals surface area contributed by atoms with E-state index in [1.165, 1.54) is 4.90 Å². The van der Waals surface area contributed by atoms with Crippen molar-refractivity contribution in [3.05, 3.63) is 35.4 Å². The van der Waals surface area contributed by atoms with Crippen LogP contribution in [0.15, 0.2) is 24.3 Å². The zero-order valence-electron chi connectivity index (χ0n) is 12.4. The summed E-state index contributed by atoms with van der Waals surface area (Å²) >= 11 is 0. The van der Waals surface area contributed by atoms with Gasteiger partial charge in [0.05, 0.1) is 16.7 Å². The fourth-order valence-corrected chi connectivity index (χ4v) is 5.85. The number of imide groups is 1. The van der Waals surface area contributed by atoms with Crippen LogP contribution in [0.25, 0.3) is 0 Å². The van der Waals surface area contributed by atoms with Crippen LogP contribution >= 0.6 is 0 Å². The number of hydrogen-bond donors (Lipinski definition) is 1. The number of fused-ring (bicyclic) bond motifs is 1. The first kappa shape index (κ1) is 12.8. The highest BCUT2D eigenvalue weighted by molar-refractivity contribution is 6.21. The van der Waals surface area contributed by atoms with Gasteiger partial charge in [0.1, 0.15) is 0 Å². The van der Waals surface area contributed by atoms with E-state index in [2.05, 4.69) is 0 Å². The number of carbonyl (C=O) groups excluding carboxylic acids is 2. The lowest BCUT2D eigenvalue weighted by Gasteiger charge is -2.59. The maximum Gasteiger partial charge on any atom is 0.261 e. The molecule has 0 saturated heterocycles. The van der Waals surface area contributed by atoms with Crippen LogP contribution in [-0.2, 0) is 0 Å². The fourth-order valence-electron chi connectivity index (χ4n) is 5.85. The predicted molar refractivity (Wildman–Crippen MR) is 79.2 cm³/mol. The standard InChI is InChI=1S/C18H19NO3/c20-16-13-3-1-2-4-14(13)17(21)19(16)15-11-5-10-6-12(15)9-18(22,7-10)8-11/h1-4,10-12,15,22H,5-9H2. The van der Waals surface area contributed by atoms with Gasteiger partial charge in [0.25, 0.3) is 11.8 Å². The molecule has 4 bridgehead atoms. The highest BCUT2D eigenvalue weighted by atomic mass is 16.3. The van der Waals surface area contributed by atoms with Gasteiger partial charge in [0.2, 0.25) is 0 Å². The van der Waals surface area contributed by atoms with Crippen LogP contribution in [0.1, 0.15) is 52.8 Å². The molecular weight excluding hydrogens is 278 g/mol. The summed E-state index contributed by atoms with van der Waals surface area (Å²) in [6, 6.07) is 7.11. The van der Waals surface area contributed by atoms with E-state index in [0.717, 1.165) is 32.1 Å². The van der Waals surface area contributed by atoms with E-state index in [4.69, 9.17) is 0 Å². The maximum atomic E-state index is 12.8. The van der Waals surface area contributed by atoms with E-state index in [9.17, 15) is 14.7 Å². The zero-order chi connectivity index (χ0) is 15.1. The Morgan fingerprint density at radius 2 is 1.50 bits per heavy atom. The molecule has 5 aliphatic rings. The summed E-state index contributed by atoms with van der Waals surface area (Å²) < 4.78 is 0. The number of rotatable bonds is 1. The Bertz CT molecular complexity index is 646. The lowest BCUT2D eigenvalue weighted by molar-refractivity contribution is -0.149. The van der Waals surface area contributed by atoms with E-state index >= 15 is 0 Å². The number of carbonyl (C=O) groups is 2. The molecule has 4 saturated carbocycles. The molecule has 2 unspecified atom stereocenters. The second kappa shape index (κ2) is 3.99. The number of benzene rings is 1. The molecule has 0 spiro atoms. The van der Waals surface area contributed by atoms with Gasteiger partial charge in [0, 0.05) is 6.04 Å². The van der Waals surface area contributed by atoms with Crippen LogP contribution in [0, 0.1) is 17.8 Å². The van der Waals surface area contributed by atoms with Crippen molar-refractivity contribution < 1.29 is 14.7 Å². The molecule has 4 heteroatoms. The molecule has 4 fully saturated rings. The van der Waals surface area contributed by atoms with Gasteiger partial charge < -0.3 is 5.11 Å². The molecule has 1 N–H and O–H groups in total. The molecule has 0 radical (unpaired) electrons. The number of nitrogens with zero attached hydrogens (tertiary/aromatic N) is 1. The number of aliphatic hydroxyl groups is 1. The third-order valence-electron chi connectivity index (χ3n) is 6.31. The lowest BCUT2D eigenvalue weighted by atomic mass is 9.52. The Hall–Kier alpha value is -1.68. The Kier molecular flexibility index (Phi) is 2.32. The highest BCUT2D eigenvalue weighted by Crippen LogP contribution is 2.57. The topological polar surface area (TPSA) is 57.6 Å². The van der Waals surface area contributed by atoms with Crippen LogP contribution in [0.2, 0.25) is 0 Å². The molecule has 2 atom stereocenters. The van der Waals surface area contributed by atoms with Gasteiger partial charge in [-0.15, -0.1) is 0 Å². The minimum atomic E-state index is -0.536. The van der Waals surface area contributed by atoms with Crippen molar-refractivity contribution >= 4 is 11.8 Å². The van der Waals surface area contributed by atoms with Crippen LogP contribution in [-0.4, -0.2) is 33.5 Å². The van der Waals surface area contributed by atoms with Crippen molar-refractivity contribution in [2.75, 3.05) is 0 Å². The average Bonchev–Trinajstić information content (AvgIpc) is 2.71. The first-order valence-corrected chi connectivity index (χ1v) is 8.25. The van der Waals surface area contributed by atoms with Crippen molar-refractivity contribution in [3.63, 3.8) is 0 Å². The second-order valence-electron chi connectivity index (χ2n) is 7.71. The lowest BCUT2D eigenvalue weighted by Crippen LogP contribution is -2.62. The third-order valence-corrected chi connectivity index (χ3v) is 6.31. The van der Waals surface area contributed by atoms with Crippen molar-refractivity contribution in [2.24, 2.45) is 17.8 Å². The molecule has 6 rings (SSSR count). The molecule has 2 amide bonds. The minimum absolute atomic E-state index is 0.00998. The minimum Gasteiger partial charge on any atom is -0.390 e. The van der Waals surface area contributed by atoms with E-state index in [1.807, 2.05) is 12.1 Å². The molecule has 22 heavy (non-hydrogen) atoms. The molecule has 1 aromatic carbocycles. The van der Waals surface area contributed by atoms with Gasteiger partial charge in [-0.1, -0.05) is 12.1 Å². The summed E-state index contributed by atoms with van der Waals surface area (Å²) in [6.07, 6.45) is 4.51. The Labute approximate surface area is 129 Å². The van der Waals surface area contributed by atoms with Gasteiger partial charge in [-0.05, 0) is 62.0 Å². The first-order chi connectivity index (χ1) is 10.6. The smallest absolute Gasteiger partial charge is 0.261 e. The maximum absolute atomic E-state index is 12.8. The monoisotopic (exact) mass is 297 g/mol. The summed E-state index contributed by atoms with van der Waals surface area (Å²) in [4.78, 5) is 27.0. The molecule has 0 aromatic heterocycles. The Balaban J connectivity index is 1.54. The van der Waals surface area contributed by atoms with Gasteiger partial charge in [-0.2, -0.15) is 0 Å². The Morgan fingerprint density at radius 3 is 2.00 bits per heavy atom. The third kappa shape index (κ3) is 1.51. The van der Waals surface area contributed by atoms with E-state index < -0.39 is 5.60 Å². The molecule has 4 nitrogen and oxygen atoms in total. The van der Waals surface area contributed by atoms with Gasteiger partial charge >= 0.3 is 0 Å².